The van der Waals surface area contributed by atoms with Crippen molar-refractivity contribution < 1.29 is 9.59 Å². The van der Waals surface area contributed by atoms with E-state index in [9.17, 15) is 9.59 Å². The number of halogens is 1. The molecule has 1 saturated heterocycles. The molecule has 0 spiro atoms. The van der Waals surface area contributed by atoms with Gasteiger partial charge >= 0.3 is 0 Å². The van der Waals surface area contributed by atoms with E-state index in [1.807, 2.05) is 26.0 Å². The van der Waals surface area contributed by atoms with E-state index in [1.165, 1.54) is 5.56 Å². The van der Waals surface area contributed by atoms with Crippen LogP contribution in [0.4, 0.5) is 0 Å². The van der Waals surface area contributed by atoms with E-state index in [-0.39, 0.29) is 17.7 Å². The summed E-state index contributed by atoms with van der Waals surface area (Å²) in [7, 11) is 2.15. The molecular weight excluding hydrogens is 424 g/mol. The number of hydrogen-bond acceptors (Lipinski definition) is 4. The van der Waals surface area contributed by atoms with Gasteiger partial charge in [0.25, 0.3) is 5.91 Å². The second kappa shape index (κ2) is 11.5. The van der Waals surface area contributed by atoms with Crippen LogP contribution in [0.1, 0.15) is 35.3 Å². The molecule has 32 heavy (non-hydrogen) atoms. The first kappa shape index (κ1) is 24.2. The summed E-state index contributed by atoms with van der Waals surface area (Å²) in [5.74, 6) is -0.617. The van der Waals surface area contributed by atoms with Crippen LogP contribution in [-0.2, 0) is 17.9 Å². The molecule has 0 saturated carbocycles. The standard InChI is InChI=1S/C25H33ClN4O2/c1-18(2)23(28-24(31)21-9-4-5-10-22(21)26)25(32)27-16-19-7-6-8-20(15-19)17-30-13-11-29(3)12-14-30/h4-10,15,18,23H,11-14,16-17H2,1-3H3,(H,27,32)(H,28,31). The van der Waals surface area contributed by atoms with Crippen LogP contribution in [0.5, 0.6) is 0 Å². The third-order valence-electron chi connectivity index (χ3n) is 5.81. The van der Waals surface area contributed by atoms with Crippen molar-refractivity contribution in [1.29, 1.82) is 0 Å². The Morgan fingerprint density at radius 2 is 1.69 bits per heavy atom. The van der Waals surface area contributed by atoms with Gasteiger partial charge in [0.15, 0.2) is 0 Å². The topological polar surface area (TPSA) is 64.7 Å². The van der Waals surface area contributed by atoms with Crippen molar-refractivity contribution in [2.75, 3.05) is 33.2 Å². The van der Waals surface area contributed by atoms with Crippen molar-refractivity contribution in [3.63, 3.8) is 0 Å². The molecule has 1 aliphatic heterocycles. The van der Waals surface area contributed by atoms with E-state index in [0.717, 1.165) is 38.3 Å². The first-order chi connectivity index (χ1) is 15.3. The smallest absolute Gasteiger partial charge is 0.253 e. The van der Waals surface area contributed by atoms with Crippen molar-refractivity contribution in [3.05, 3.63) is 70.2 Å². The maximum atomic E-state index is 12.9. The minimum absolute atomic E-state index is 0.0648. The number of piperazine rings is 1. The number of carbonyl (C=O) groups excluding carboxylic acids is 2. The number of nitrogens with zero attached hydrogens (tertiary/aromatic N) is 2. The van der Waals surface area contributed by atoms with Gasteiger partial charge in [-0.1, -0.05) is 61.8 Å². The van der Waals surface area contributed by atoms with Gasteiger partial charge < -0.3 is 15.5 Å². The average molecular weight is 457 g/mol. The van der Waals surface area contributed by atoms with Gasteiger partial charge in [-0.3, -0.25) is 14.5 Å². The molecule has 6 nitrogen and oxygen atoms in total. The lowest BCUT2D eigenvalue weighted by Gasteiger charge is -2.32. The monoisotopic (exact) mass is 456 g/mol. The van der Waals surface area contributed by atoms with Crippen molar-refractivity contribution >= 4 is 23.4 Å². The molecule has 3 rings (SSSR count). The summed E-state index contributed by atoms with van der Waals surface area (Å²) in [6, 6.07) is 14.5. The number of carbonyl (C=O) groups is 2. The zero-order valence-corrected chi connectivity index (χ0v) is 19.9. The Hall–Kier alpha value is -2.41. The van der Waals surface area contributed by atoms with Crippen molar-refractivity contribution in [3.8, 4) is 0 Å². The summed E-state index contributed by atoms with van der Waals surface area (Å²) in [5.41, 5.74) is 2.66. The highest BCUT2D eigenvalue weighted by molar-refractivity contribution is 6.33. The highest BCUT2D eigenvalue weighted by atomic mass is 35.5. The van der Waals surface area contributed by atoms with Crippen molar-refractivity contribution in [2.24, 2.45) is 5.92 Å². The molecule has 7 heteroatoms. The fraction of sp³-hybridized carbons (Fsp3) is 0.440. The van der Waals surface area contributed by atoms with Crippen molar-refractivity contribution in [2.45, 2.75) is 33.0 Å². The summed E-state index contributed by atoms with van der Waals surface area (Å²) >= 11 is 6.13. The summed E-state index contributed by atoms with van der Waals surface area (Å²) in [6.45, 7) is 9.47. The second-order valence-corrected chi connectivity index (χ2v) is 9.20. The highest BCUT2D eigenvalue weighted by Crippen LogP contribution is 2.16. The predicted octanol–water partition coefficient (Wildman–Crippen LogP) is 3.16. The number of likely N-dealkylation sites (N-methyl/N-ethyl adjacent to an activating group) is 1. The van der Waals surface area contributed by atoms with Gasteiger partial charge in [0, 0.05) is 39.3 Å². The number of amides is 2. The normalized spacial score (nSPS) is 16.0. The molecule has 1 heterocycles. The predicted molar refractivity (Wildman–Crippen MR) is 129 cm³/mol. The Bertz CT molecular complexity index is 926. The lowest BCUT2D eigenvalue weighted by molar-refractivity contribution is -0.124. The highest BCUT2D eigenvalue weighted by Gasteiger charge is 2.25. The third-order valence-corrected chi connectivity index (χ3v) is 6.14. The van der Waals surface area contributed by atoms with Gasteiger partial charge in [-0.05, 0) is 36.2 Å². The van der Waals surface area contributed by atoms with E-state index in [0.29, 0.717) is 17.1 Å². The summed E-state index contributed by atoms with van der Waals surface area (Å²) < 4.78 is 0. The summed E-state index contributed by atoms with van der Waals surface area (Å²) in [4.78, 5) is 30.3. The summed E-state index contributed by atoms with van der Waals surface area (Å²) in [6.07, 6.45) is 0. The van der Waals surface area contributed by atoms with Crippen LogP contribution in [0, 0.1) is 5.92 Å². The molecule has 1 atom stereocenters. The minimum Gasteiger partial charge on any atom is -0.350 e. The molecule has 0 bridgehead atoms. The maximum Gasteiger partial charge on any atom is 0.253 e. The quantitative estimate of drug-likeness (QED) is 0.640. The molecule has 0 aliphatic carbocycles. The number of nitrogens with one attached hydrogen (secondary N) is 2. The van der Waals surface area contributed by atoms with Crippen LogP contribution in [0.2, 0.25) is 5.02 Å². The Kier molecular flexibility index (Phi) is 8.67. The molecule has 2 N–H and O–H groups in total. The van der Waals surface area contributed by atoms with E-state index in [2.05, 4.69) is 39.6 Å². The fourth-order valence-electron chi connectivity index (χ4n) is 3.80. The van der Waals surface area contributed by atoms with Gasteiger partial charge in [-0.15, -0.1) is 0 Å². The largest absolute Gasteiger partial charge is 0.350 e. The maximum absolute atomic E-state index is 12.9. The SMILES string of the molecule is CC(C)C(NC(=O)c1ccccc1Cl)C(=O)NCc1cccc(CN2CCN(C)CC2)c1. The van der Waals surface area contributed by atoms with Crippen molar-refractivity contribution in [1.82, 2.24) is 20.4 Å². The van der Waals surface area contributed by atoms with Crippen LogP contribution >= 0.6 is 11.6 Å². The van der Waals surface area contributed by atoms with E-state index in [4.69, 9.17) is 11.6 Å². The molecule has 1 aliphatic rings. The zero-order chi connectivity index (χ0) is 23.1. The van der Waals surface area contributed by atoms with Gasteiger partial charge in [0.05, 0.1) is 10.6 Å². The van der Waals surface area contributed by atoms with Crippen LogP contribution < -0.4 is 10.6 Å². The molecule has 172 valence electrons. The third kappa shape index (κ3) is 6.79. The molecule has 2 aromatic carbocycles. The average Bonchev–Trinajstić information content (AvgIpc) is 2.77. The molecule has 2 amide bonds. The van der Waals surface area contributed by atoms with Gasteiger partial charge in [-0.25, -0.2) is 0 Å². The van der Waals surface area contributed by atoms with Crippen LogP contribution in [0.3, 0.4) is 0 Å². The lowest BCUT2D eigenvalue weighted by atomic mass is 10.0. The molecule has 1 fully saturated rings. The van der Waals surface area contributed by atoms with Crippen LogP contribution in [0.15, 0.2) is 48.5 Å². The molecule has 0 radical (unpaired) electrons. The number of benzene rings is 2. The Labute approximate surface area is 195 Å². The first-order valence-corrected chi connectivity index (χ1v) is 11.5. The fourth-order valence-corrected chi connectivity index (χ4v) is 4.02. The van der Waals surface area contributed by atoms with E-state index in [1.54, 1.807) is 24.3 Å². The Morgan fingerprint density at radius 1 is 1.00 bits per heavy atom. The Morgan fingerprint density at radius 3 is 2.38 bits per heavy atom. The lowest BCUT2D eigenvalue weighted by Crippen LogP contribution is -2.49. The first-order valence-electron chi connectivity index (χ1n) is 11.2. The minimum atomic E-state index is -0.646. The van der Waals surface area contributed by atoms with E-state index >= 15 is 0 Å². The number of hydrogen-bond donors (Lipinski definition) is 2. The zero-order valence-electron chi connectivity index (χ0n) is 19.1. The van der Waals surface area contributed by atoms with Gasteiger partial charge in [-0.2, -0.15) is 0 Å². The molecule has 0 aromatic heterocycles. The molecule has 2 aromatic rings. The van der Waals surface area contributed by atoms with E-state index < -0.39 is 6.04 Å². The van der Waals surface area contributed by atoms with Crippen LogP contribution in [0.25, 0.3) is 0 Å². The van der Waals surface area contributed by atoms with Gasteiger partial charge in [0.1, 0.15) is 6.04 Å². The Balaban J connectivity index is 1.57. The number of rotatable bonds is 8. The molecule has 1 unspecified atom stereocenters. The summed E-state index contributed by atoms with van der Waals surface area (Å²) in [5, 5.41) is 6.18. The van der Waals surface area contributed by atoms with Gasteiger partial charge in [0.2, 0.25) is 5.91 Å². The van der Waals surface area contributed by atoms with Crippen LogP contribution in [-0.4, -0.2) is 60.9 Å². The second-order valence-electron chi connectivity index (χ2n) is 8.79. The molecular formula is C25H33ClN4O2.